The van der Waals surface area contributed by atoms with Crippen molar-refractivity contribution >= 4 is 28.4 Å². The second-order valence-corrected chi connectivity index (χ2v) is 8.96. The van der Waals surface area contributed by atoms with Crippen molar-refractivity contribution in [2.75, 3.05) is 0 Å². The molecule has 0 spiro atoms. The standard InChI is InChI=1S/C22H25ClN2O/c1-12(17-10-13-5-6-14(17)9-13)24-22(26)21-16-3-2-4-19(16)25-20-8-7-15(23)11-18(20)21/h7-8,11-14,17H,2-6,9-10H2,1H3,(H,24,26). The summed E-state index contributed by atoms with van der Waals surface area (Å²) in [7, 11) is 0. The highest BCUT2D eigenvalue weighted by molar-refractivity contribution is 6.31. The Kier molecular flexibility index (Phi) is 3.97. The van der Waals surface area contributed by atoms with Gasteiger partial charge in [0.15, 0.2) is 0 Å². The number of fused-ring (bicyclic) bond motifs is 4. The maximum atomic E-state index is 13.3. The smallest absolute Gasteiger partial charge is 0.252 e. The van der Waals surface area contributed by atoms with Gasteiger partial charge in [0.05, 0.1) is 11.1 Å². The van der Waals surface area contributed by atoms with Gasteiger partial charge in [0.25, 0.3) is 5.91 Å². The van der Waals surface area contributed by atoms with Gasteiger partial charge in [0.1, 0.15) is 0 Å². The van der Waals surface area contributed by atoms with E-state index in [1.54, 1.807) is 0 Å². The molecule has 26 heavy (non-hydrogen) atoms. The van der Waals surface area contributed by atoms with Gasteiger partial charge in [-0.15, -0.1) is 0 Å². The Morgan fingerprint density at radius 1 is 1.27 bits per heavy atom. The number of hydrogen-bond acceptors (Lipinski definition) is 2. The molecule has 1 amide bonds. The monoisotopic (exact) mass is 368 g/mol. The Hall–Kier alpha value is -1.61. The quantitative estimate of drug-likeness (QED) is 0.834. The van der Waals surface area contributed by atoms with Crippen LogP contribution in [0, 0.1) is 17.8 Å². The van der Waals surface area contributed by atoms with E-state index in [1.807, 2.05) is 18.2 Å². The number of hydrogen-bond donors (Lipinski definition) is 1. The molecule has 4 heteroatoms. The number of pyridine rings is 1. The molecule has 2 aromatic rings. The lowest BCUT2D eigenvalue weighted by Crippen LogP contribution is -2.40. The highest BCUT2D eigenvalue weighted by Crippen LogP contribution is 2.49. The first-order valence-corrected chi connectivity index (χ1v) is 10.4. The Labute approximate surface area is 159 Å². The fourth-order valence-electron chi connectivity index (χ4n) is 5.79. The SMILES string of the molecule is CC(NC(=O)c1c2c(nc3ccc(Cl)cc13)CCC2)C1CC2CCC1C2. The summed E-state index contributed by atoms with van der Waals surface area (Å²) in [5.41, 5.74) is 3.93. The molecule has 3 aliphatic carbocycles. The van der Waals surface area contributed by atoms with Crippen molar-refractivity contribution in [2.24, 2.45) is 17.8 Å². The average Bonchev–Trinajstić information content (AvgIpc) is 3.35. The number of carbonyl (C=O) groups is 1. The molecule has 1 N–H and O–H groups in total. The lowest BCUT2D eigenvalue weighted by atomic mass is 9.84. The molecule has 3 aliphatic rings. The van der Waals surface area contributed by atoms with E-state index >= 15 is 0 Å². The molecule has 0 radical (unpaired) electrons. The van der Waals surface area contributed by atoms with Crippen molar-refractivity contribution in [1.82, 2.24) is 10.3 Å². The van der Waals surface area contributed by atoms with Crippen molar-refractivity contribution in [1.29, 1.82) is 0 Å². The number of benzene rings is 1. The van der Waals surface area contributed by atoms with Crippen LogP contribution < -0.4 is 5.32 Å². The highest BCUT2D eigenvalue weighted by Gasteiger charge is 2.42. The second-order valence-electron chi connectivity index (χ2n) is 8.53. The van der Waals surface area contributed by atoms with E-state index in [0.717, 1.165) is 58.8 Å². The number of nitrogens with zero attached hydrogens (tertiary/aromatic N) is 1. The van der Waals surface area contributed by atoms with Gasteiger partial charge in [-0.25, -0.2) is 0 Å². The van der Waals surface area contributed by atoms with Crippen LogP contribution in [0.1, 0.15) is 60.6 Å². The van der Waals surface area contributed by atoms with Gasteiger partial charge in [-0.1, -0.05) is 18.0 Å². The van der Waals surface area contributed by atoms with E-state index in [9.17, 15) is 4.79 Å². The van der Waals surface area contributed by atoms with Gasteiger partial charge in [0, 0.05) is 22.1 Å². The Morgan fingerprint density at radius 2 is 2.15 bits per heavy atom. The van der Waals surface area contributed by atoms with Gasteiger partial charge in [-0.2, -0.15) is 0 Å². The van der Waals surface area contributed by atoms with Crippen LogP contribution in [-0.4, -0.2) is 16.9 Å². The molecule has 1 heterocycles. The number of aromatic nitrogens is 1. The van der Waals surface area contributed by atoms with E-state index in [4.69, 9.17) is 16.6 Å². The predicted molar refractivity (Wildman–Crippen MR) is 105 cm³/mol. The molecule has 4 unspecified atom stereocenters. The van der Waals surface area contributed by atoms with Gasteiger partial charge in [-0.05, 0) is 87.0 Å². The summed E-state index contributed by atoms with van der Waals surface area (Å²) >= 11 is 6.24. The van der Waals surface area contributed by atoms with Crippen molar-refractivity contribution in [3.63, 3.8) is 0 Å². The number of halogens is 1. The molecule has 2 bridgehead atoms. The largest absolute Gasteiger partial charge is 0.349 e. The van der Waals surface area contributed by atoms with E-state index in [-0.39, 0.29) is 11.9 Å². The zero-order valence-electron chi connectivity index (χ0n) is 15.2. The van der Waals surface area contributed by atoms with Crippen molar-refractivity contribution in [3.05, 3.63) is 40.0 Å². The lowest BCUT2D eigenvalue weighted by molar-refractivity contribution is 0.0916. The number of carbonyl (C=O) groups excluding carboxylic acids is 1. The van der Waals surface area contributed by atoms with Crippen LogP contribution in [0.15, 0.2) is 18.2 Å². The minimum Gasteiger partial charge on any atom is -0.349 e. The molecule has 2 fully saturated rings. The van der Waals surface area contributed by atoms with E-state index in [2.05, 4.69) is 12.2 Å². The zero-order chi connectivity index (χ0) is 17.8. The minimum atomic E-state index is 0.0630. The summed E-state index contributed by atoms with van der Waals surface area (Å²) in [6.07, 6.45) is 8.38. The van der Waals surface area contributed by atoms with Crippen molar-refractivity contribution in [3.8, 4) is 0 Å². The fraction of sp³-hybridized carbons (Fsp3) is 0.545. The summed E-state index contributed by atoms with van der Waals surface area (Å²) in [5.74, 6) is 2.41. The van der Waals surface area contributed by atoms with Gasteiger partial charge in [-0.3, -0.25) is 9.78 Å². The average molecular weight is 369 g/mol. The lowest BCUT2D eigenvalue weighted by Gasteiger charge is -2.29. The molecule has 5 rings (SSSR count). The maximum absolute atomic E-state index is 13.3. The van der Waals surface area contributed by atoms with Crippen molar-refractivity contribution in [2.45, 2.75) is 57.9 Å². The van der Waals surface area contributed by atoms with Gasteiger partial charge in [0.2, 0.25) is 0 Å². The molecule has 2 saturated carbocycles. The molecule has 0 aliphatic heterocycles. The molecule has 0 saturated heterocycles. The summed E-state index contributed by atoms with van der Waals surface area (Å²) in [4.78, 5) is 18.1. The van der Waals surface area contributed by atoms with Crippen LogP contribution in [0.3, 0.4) is 0 Å². The minimum absolute atomic E-state index is 0.0630. The molecule has 136 valence electrons. The van der Waals surface area contributed by atoms with Gasteiger partial charge >= 0.3 is 0 Å². The van der Waals surface area contributed by atoms with E-state index in [0.29, 0.717) is 10.9 Å². The molecule has 1 aromatic heterocycles. The zero-order valence-corrected chi connectivity index (χ0v) is 16.0. The van der Waals surface area contributed by atoms with Crippen LogP contribution in [0.25, 0.3) is 10.9 Å². The third-order valence-electron chi connectivity index (χ3n) is 6.99. The normalized spacial score (nSPS) is 27.7. The summed E-state index contributed by atoms with van der Waals surface area (Å²) in [5, 5.41) is 4.91. The number of rotatable bonds is 3. The Morgan fingerprint density at radius 3 is 2.92 bits per heavy atom. The first kappa shape index (κ1) is 16.6. The van der Waals surface area contributed by atoms with Gasteiger partial charge < -0.3 is 5.32 Å². The van der Waals surface area contributed by atoms with E-state index < -0.39 is 0 Å². The number of nitrogens with one attached hydrogen (secondary N) is 1. The molecular formula is C22H25ClN2O. The van der Waals surface area contributed by atoms with Crippen LogP contribution in [0.5, 0.6) is 0 Å². The van der Waals surface area contributed by atoms with Crippen LogP contribution in [0.4, 0.5) is 0 Å². The predicted octanol–water partition coefficient (Wildman–Crippen LogP) is 4.93. The highest BCUT2D eigenvalue weighted by atomic mass is 35.5. The summed E-state index contributed by atoms with van der Waals surface area (Å²) < 4.78 is 0. The van der Waals surface area contributed by atoms with Crippen molar-refractivity contribution < 1.29 is 4.79 Å². The van der Waals surface area contributed by atoms with Crippen LogP contribution in [0.2, 0.25) is 5.02 Å². The number of amides is 1. The fourth-order valence-corrected chi connectivity index (χ4v) is 5.96. The summed E-state index contributed by atoms with van der Waals surface area (Å²) in [6, 6.07) is 5.93. The topological polar surface area (TPSA) is 42.0 Å². The molecular weight excluding hydrogens is 344 g/mol. The molecule has 3 nitrogen and oxygen atoms in total. The first-order chi connectivity index (χ1) is 12.6. The Balaban J connectivity index is 1.49. The maximum Gasteiger partial charge on any atom is 0.252 e. The molecule has 1 aromatic carbocycles. The van der Waals surface area contributed by atoms with Crippen LogP contribution in [-0.2, 0) is 12.8 Å². The third kappa shape index (κ3) is 2.63. The van der Waals surface area contributed by atoms with Crippen LogP contribution >= 0.6 is 11.6 Å². The summed E-state index contributed by atoms with van der Waals surface area (Å²) in [6.45, 7) is 2.19. The number of aryl methyl sites for hydroxylation is 1. The Bertz CT molecular complexity index is 893. The second kappa shape index (κ2) is 6.23. The molecule has 4 atom stereocenters. The third-order valence-corrected chi connectivity index (χ3v) is 7.23. The first-order valence-electron chi connectivity index (χ1n) is 10.0. The van der Waals surface area contributed by atoms with E-state index in [1.165, 1.54) is 25.7 Å².